The average molecular weight is 965 g/mol. The minimum atomic E-state index is -4.92. The van der Waals surface area contributed by atoms with E-state index in [4.69, 9.17) is 44.5 Å². The van der Waals surface area contributed by atoms with E-state index in [0.717, 1.165) is 6.07 Å². The Kier molecular flexibility index (Phi) is 27.3. The fourth-order valence-corrected chi connectivity index (χ4v) is 5.84. The normalized spacial score (nSPS) is 11.3. The number of phenols is 2. The zero-order valence-corrected chi connectivity index (χ0v) is 41.6. The standard InChI is InChI=1S/C29H28N5O8S2.Cu.3Na.2H2O4S/c1-6-43(37,38)17-8-13-25(41-4)23(14-17)33-34-28-18-9-12-21(29(36)19(18)10-11-20(28)30-3)31-32-22-15-26(42-5)27(16-24(22)35)44(39,40)7-2;;;;;2*1-5(2,3)4/h8-11,13-16,30,35-36H,1-2,6-7H2,3-5H3;;;;;2*(H2,1,2,3,4)/q-3;;3*+1;;/p-2. The predicted octanol–water partition coefficient (Wildman–Crippen LogP) is -4.82. The van der Waals surface area contributed by atoms with Crippen molar-refractivity contribution in [3.05, 3.63) is 68.4 Å². The van der Waals surface area contributed by atoms with Crippen molar-refractivity contribution >= 4 is 79.7 Å². The molecule has 0 atom stereocenters. The van der Waals surface area contributed by atoms with Crippen LogP contribution in [0.2, 0.25) is 0 Å². The molecule has 58 heavy (non-hydrogen) atoms. The maximum Gasteiger partial charge on any atom is 1.00 e. The number of sulfone groups is 2. The van der Waals surface area contributed by atoms with Crippen molar-refractivity contribution in [2.45, 2.75) is 9.79 Å². The molecule has 0 spiro atoms. The maximum absolute atomic E-state index is 12.4. The SMILES string of the molecule is O=S(=O)([O-])O.O=S(=O)([O-])O.[CH2-]CS(=O)(=O)c1ccc(OC)c(N=Nc2c(NC)ccc3c(O)c(N=Nc4cc(OC)c(S(=O)(=O)C[CH2-])cc4O)[c-]cc23)c1.[Cu].[Na+].[Na+].[Na+]. The summed E-state index contributed by atoms with van der Waals surface area (Å²) in [5.41, 5.74) is 0.798. The second kappa shape index (κ2) is 26.1. The van der Waals surface area contributed by atoms with Crippen LogP contribution in [0.25, 0.3) is 10.8 Å². The molecule has 0 amide bonds. The third kappa shape index (κ3) is 18.6. The number of nitrogens with zero attached hydrogens (tertiary/aromatic N) is 4. The summed E-state index contributed by atoms with van der Waals surface area (Å²) in [6.45, 7) is 6.86. The first-order valence-corrected chi connectivity index (χ1v) is 20.1. The molecule has 21 nitrogen and oxygen atoms in total. The van der Waals surface area contributed by atoms with Gasteiger partial charge in [0.05, 0.1) is 24.8 Å². The number of nitrogens with one attached hydrogen (secondary N) is 1. The number of hydrogen-bond donors (Lipinski definition) is 5. The summed E-state index contributed by atoms with van der Waals surface area (Å²) in [6.07, 6.45) is 0. The van der Waals surface area contributed by atoms with E-state index in [2.05, 4.69) is 45.7 Å². The smallest absolute Gasteiger partial charge is 0.726 e. The van der Waals surface area contributed by atoms with Crippen LogP contribution in [0.1, 0.15) is 0 Å². The van der Waals surface area contributed by atoms with E-state index < -0.39 is 52.0 Å². The molecule has 0 aromatic heterocycles. The number of ether oxygens (including phenoxy) is 2. The number of aromatic hydroxyl groups is 2. The van der Waals surface area contributed by atoms with Gasteiger partial charge in [0.25, 0.3) is 0 Å². The molecule has 1 radical (unpaired) electrons. The number of methoxy groups -OCH3 is 2. The van der Waals surface area contributed by atoms with Crippen LogP contribution in [0.4, 0.5) is 28.4 Å². The molecule has 0 unspecified atom stereocenters. The largest absolute Gasteiger partial charge is 1.00 e. The summed E-state index contributed by atoms with van der Waals surface area (Å²) in [5.74, 6) is -1.35. The molecule has 29 heteroatoms. The van der Waals surface area contributed by atoms with Gasteiger partial charge >= 0.3 is 88.7 Å². The molecule has 0 aliphatic carbocycles. The van der Waals surface area contributed by atoms with Gasteiger partial charge in [0.1, 0.15) is 33.5 Å². The van der Waals surface area contributed by atoms with Crippen molar-refractivity contribution in [1.82, 2.24) is 0 Å². The first kappa shape index (κ1) is 60.8. The average Bonchev–Trinajstić information content (AvgIpc) is 3.08. The molecule has 5 N–H and O–H groups in total. The Bertz CT molecular complexity index is 2490. The van der Waals surface area contributed by atoms with E-state index in [1.54, 1.807) is 19.2 Å². The van der Waals surface area contributed by atoms with E-state index in [1.165, 1.54) is 44.6 Å². The fourth-order valence-electron chi connectivity index (χ4n) is 4.08. The molecule has 0 aliphatic heterocycles. The van der Waals surface area contributed by atoms with Crippen molar-refractivity contribution in [3.8, 4) is 23.0 Å². The summed E-state index contributed by atoms with van der Waals surface area (Å²) < 4.78 is 125. The summed E-state index contributed by atoms with van der Waals surface area (Å²) in [4.78, 5) is -0.237. The van der Waals surface area contributed by atoms with Gasteiger partial charge in [0.15, 0.2) is 19.7 Å². The number of anilines is 1. The van der Waals surface area contributed by atoms with Gasteiger partial charge in [-0.3, -0.25) is 9.11 Å². The van der Waals surface area contributed by atoms with E-state index in [-0.39, 0.29) is 156 Å². The molecular formula is C29H30CuN5Na3O16S4-2. The molecule has 0 fully saturated rings. The zero-order chi connectivity index (χ0) is 41.2. The van der Waals surface area contributed by atoms with Crippen molar-refractivity contribution in [2.75, 3.05) is 38.1 Å². The Balaban J connectivity index is -0.00000193. The van der Waals surface area contributed by atoms with Crippen LogP contribution in [0.5, 0.6) is 23.0 Å². The third-order valence-corrected chi connectivity index (χ3v) is 9.51. The zero-order valence-electron chi connectivity index (χ0n) is 31.4. The van der Waals surface area contributed by atoms with Gasteiger partial charge in [0, 0.05) is 53.4 Å². The quantitative estimate of drug-likeness (QED) is 0.0310. The number of phenolic OH excluding ortho intramolecular Hbond substituents is 2. The van der Waals surface area contributed by atoms with Gasteiger partial charge < -0.3 is 48.0 Å². The van der Waals surface area contributed by atoms with Gasteiger partial charge in [-0.1, -0.05) is 28.3 Å². The van der Waals surface area contributed by atoms with Gasteiger partial charge in [-0.05, 0) is 24.3 Å². The molecule has 0 heterocycles. The third-order valence-electron chi connectivity index (χ3n) is 6.48. The summed E-state index contributed by atoms with van der Waals surface area (Å²) in [7, 11) is -12.9. The van der Waals surface area contributed by atoms with Crippen LogP contribution in [-0.2, 0) is 57.5 Å². The maximum atomic E-state index is 12.4. The summed E-state index contributed by atoms with van der Waals surface area (Å²) in [6, 6.07) is 14.0. The second-order valence-corrected chi connectivity index (χ2v) is 15.8. The number of rotatable bonds is 11. The summed E-state index contributed by atoms with van der Waals surface area (Å²) >= 11 is 0. The Morgan fingerprint density at radius 1 is 0.724 bits per heavy atom. The molecule has 0 saturated heterocycles. The predicted molar refractivity (Wildman–Crippen MR) is 189 cm³/mol. The van der Waals surface area contributed by atoms with E-state index in [0.29, 0.717) is 22.1 Å². The van der Waals surface area contributed by atoms with Crippen LogP contribution in [0.3, 0.4) is 0 Å². The Morgan fingerprint density at radius 2 is 1.24 bits per heavy atom. The van der Waals surface area contributed by atoms with Crippen LogP contribution in [-0.4, -0.2) is 94.9 Å². The van der Waals surface area contributed by atoms with Crippen LogP contribution in [0.15, 0.2) is 78.8 Å². The number of benzene rings is 4. The Morgan fingerprint density at radius 3 is 1.72 bits per heavy atom. The van der Waals surface area contributed by atoms with Crippen LogP contribution in [0, 0.1) is 19.9 Å². The van der Waals surface area contributed by atoms with Crippen molar-refractivity contribution < 1.29 is 177 Å². The Labute approximate surface area is 411 Å². The van der Waals surface area contributed by atoms with Gasteiger partial charge in [-0.25, -0.2) is 33.7 Å². The topological polar surface area (TPSA) is 344 Å². The van der Waals surface area contributed by atoms with Gasteiger partial charge in [0.2, 0.25) is 20.8 Å². The van der Waals surface area contributed by atoms with E-state index in [1.807, 2.05) is 0 Å². The first-order chi connectivity index (χ1) is 24.9. The molecule has 4 aromatic carbocycles. The summed E-state index contributed by atoms with van der Waals surface area (Å²) in [5, 5.41) is 41.7. The molecular weight excluding hydrogens is 935 g/mol. The number of hydrogen-bond acceptors (Lipinski definition) is 19. The molecule has 0 saturated carbocycles. The molecule has 4 rings (SSSR count). The molecule has 4 aromatic rings. The number of fused-ring (bicyclic) bond motifs is 1. The minimum absolute atomic E-state index is 0. The molecule has 307 valence electrons. The molecule has 0 bridgehead atoms. The van der Waals surface area contributed by atoms with Crippen LogP contribution < -0.4 is 103 Å². The second-order valence-electron chi connectivity index (χ2n) is 9.88. The van der Waals surface area contributed by atoms with Gasteiger partial charge in [-0.2, -0.15) is 22.4 Å². The van der Waals surface area contributed by atoms with Crippen molar-refractivity contribution in [3.63, 3.8) is 0 Å². The van der Waals surface area contributed by atoms with Gasteiger partial charge in [-0.15, -0.1) is 10.2 Å². The molecule has 0 aliphatic rings. The van der Waals surface area contributed by atoms with Crippen molar-refractivity contribution in [2.24, 2.45) is 20.5 Å². The first-order valence-electron chi connectivity index (χ1n) is 14.1. The van der Waals surface area contributed by atoms with E-state index in [9.17, 15) is 27.0 Å². The van der Waals surface area contributed by atoms with E-state index >= 15 is 0 Å². The van der Waals surface area contributed by atoms with Crippen molar-refractivity contribution in [1.29, 1.82) is 0 Å². The fraction of sp³-hybridized carbons (Fsp3) is 0.172. The minimum Gasteiger partial charge on any atom is -0.726 e. The monoisotopic (exact) mass is 964 g/mol. The van der Waals surface area contributed by atoms with Crippen LogP contribution >= 0.6 is 0 Å². The Hall–Kier alpha value is -1.50. The number of azo groups is 2.